The first-order valence-electron chi connectivity index (χ1n) is 5.44. The van der Waals surface area contributed by atoms with Crippen LogP contribution in [0.5, 0.6) is 0 Å². The van der Waals surface area contributed by atoms with Crippen LogP contribution in [0, 0.1) is 6.92 Å². The lowest BCUT2D eigenvalue weighted by atomic mass is 10.2. The Labute approximate surface area is 100 Å². The van der Waals surface area contributed by atoms with Crippen molar-refractivity contribution in [2.24, 2.45) is 0 Å². The molecule has 2 nitrogen and oxygen atoms in total. The maximum absolute atomic E-state index is 4.34. The van der Waals surface area contributed by atoms with Crippen LogP contribution in [0.25, 0.3) is 0 Å². The average molecular weight is 232 g/mol. The average Bonchev–Trinajstić information content (AvgIpc) is 2.73. The molecular weight excluding hydrogens is 216 g/mol. The first-order valence-corrected chi connectivity index (χ1v) is 6.32. The van der Waals surface area contributed by atoms with Gasteiger partial charge in [0.1, 0.15) is 0 Å². The molecule has 0 spiro atoms. The summed E-state index contributed by atoms with van der Waals surface area (Å²) in [5.74, 6) is 0. The van der Waals surface area contributed by atoms with Crippen LogP contribution >= 0.6 is 11.3 Å². The number of thiophene rings is 1. The lowest BCUT2D eigenvalue weighted by Gasteiger charge is -2.12. The highest BCUT2D eigenvalue weighted by molar-refractivity contribution is 7.10. The maximum Gasteiger partial charge on any atom is 0.0570 e. The number of rotatable bonds is 4. The van der Waals surface area contributed by atoms with Crippen LogP contribution in [0.15, 0.2) is 35.8 Å². The standard InChI is InChI=1S/C13H16N2S/c1-10-6-8-16-13(10)9-15-11(2)12-5-3-4-7-14-12/h3-8,11,15H,9H2,1-2H3. The van der Waals surface area contributed by atoms with Gasteiger partial charge in [0.15, 0.2) is 0 Å². The smallest absolute Gasteiger partial charge is 0.0570 e. The third-order valence-electron chi connectivity index (χ3n) is 2.67. The molecule has 2 rings (SSSR count). The minimum absolute atomic E-state index is 0.294. The van der Waals surface area contributed by atoms with Crippen molar-refractivity contribution in [2.75, 3.05) is 0 Å². The van der Waals surface area contributed by atoms with E-state index >= 15 is 0 Å². The molecule has 1 unspecified atom stereocenters. The largest absolute Gasteiger partial charge is 0.304 e. The summed E-state index contributed by atoms with van der Waals surface area (Å²) < 4.78 is 0. The summed E-state index contributed by atoms with van der Waals surface area (Å²) in [5, 5.41) is 5.63. The van der Waals surface area contributed by atoms with E-state index in [4.69, 9.17) is 0 Å². The van der Waals surface area contributed by atoms with Gasteiger partial charge in [-0.3, -0.25) is 4.98 Å². The fraction of sp³-hybridized carbons (Fsp3) is 0.308. The summed E-state index contributed by atoms with van der Waals surface area (Å²) in [6, 6.07) is 8.48. The Morgan fingerprint density at radius 1 is 1.38 bits per heavy atom. The number of nitrogens with one attached hydrogen (secondary N) is 1. The van der Waals surface area contributed by atoms with Gasteiger partial charge in [-0.05, 0) is 43.0 Å². The van der Waals surface area contributed by atoms with Gasteiger partial charge >= 0.3 is 0 Å². The van der Waals surface area contributed by atoms with E-state index in [1.807, 2.05) is 18.3 Å². The fourth-order valence-corrected chi connectivity index (χ4v) is 2.42. The number of aromatic nitrogens is 1. The molecule has 0 aromatic carbocycles. The highest BCUT2D eigenvalue weighted by Gasteiger charge is 2.06. The van der Waals surface area contributed by atoms with Crippen LogP contribution in [-0.4, -0.2) is 4.98 Å². The summed E-state index contributed by atoms with van der Waals surface area (Å²) in [7, 11) is 0. The highest BCUT2D eigenvalue weighted by atomic mass is 32.1. The van der Waals surface area contributed by atoms with Crippen molar-refractivity contribution in [1.29, 1.82) is 0 Å². The SMILES string of the molecule is Cc1ccsc1CNC(C)c1ccccn1. The summed E-state index contributed by atoms with van der Waals surface area (Å²) in [4.78, 5) is 5.75. The molecule has 0 aliphatic rings. The molecule has 0 amide bonds. The Balaban J connectivity index is 1.94. The monoisotopic (exact) mass is 232 g/mol. The molecule has 0 saturated carbocycles. The third kappa shape index (κ3) is 2.68. The zero-order valence-electron chi connectivity index (χ0n) is 9.60. The van der Waals surface area contributed by atoms with Crippen molar-refractivity contribution >= 4 is 11.3 Å². The van der Waals surface area contributed by atoms with Crippen LogP contribution in [-0.2, 0) is 6.54 Å². The molecule has 0 bridgehead atoms. The number of aryl methyl sites for hydroxylation is 1. The van der Waals surface area contributed by atoms with Crippen molar-refractivity contribution < 1.29 is 0 Å². The Kier molecular flexibility index (Phi) is 3.70. The summed E-state index contributed by atoms with van der Waals surface area (Å²) in [6.45, 7) is 5.21. The van der Waals surface area contributed by atoms with Gasteiger partial charge in [0.05, 0.1) is 5.69 Å². The van der Waals surface area contributed by atoms with Gasteiger partial charge in [-0.1, -0.05) is 6.07 Å². The molecule has 1 N–H and O–H groups in total. The molecule has 0 radical (unpaired) electrons. The molecule has 0 aliphatic carbocycles. The zero-order valence-corrected chi connectivity index (χ0v) is 10.4. The number of pyridine rings is 1. The van der Waals surface area contributed by atoms with E-state index in [1.165, 1.54) is 10.4 Å². The van der Waals surface area contributed by atoms with Gasteiger partial charge in [0, 0.05) is 23.7 Å². The predicted octanol–water partition coefficient (Wildman–Crippen LogP) is 3.30. The van der Waals surface area contributed by atoms with E-state index in [0.29, 0.717) is 6.04 Å². The fourth-order valence-electron chi connectivity index (χ4n) is 1.57. The molecule has 2 heterocycles. The van der Waals surface area contributed by atoms with E-state index < -0.39 is 0 Å². The second-order valence-corrected chi connectivity index (χ2v) is 4.88. The summed E-state index contributed by atoms with van der Waals surface area (Å²) >= 11 is 1.80. The Morgan fingerprint density at radius 3 is 2.88 bits per heavy atom. The minimum atomic E-state index is 0.294. The van der Waals surface area contributed by atoms with E-state index in [0.717, 1.165) is 12.2 Å². The van der Waals surface area contributed by atoms with Crippen LogP contribution in [0.4, 0.5) is 0 Å². The van der Waals surface area contributed by atoms with E-state index in [1.54, 1.807) is 11.3 Å². The molecule has 3 heteroatoms. The molecule has 16 heavy (non-hydrogen) atoms. The molecule has 84 valence electrons. The lowest BCUT2D eigenvalue weighted by molar-refractivity contribution is 0.564. The van der Waals surface area contributed by atoms with Gasteiger partial charge in [-0.2, -0.15) is 0 Å². The molecule has 2 aromatic heterocycles. The molecule has 1 atom stereocenters. The van der Waals surface area contributed by atoms with E-state index in [-0.39, 0.29) is 0 Å². The zero-order chi connectivity index (χ0) is 11.4. The van der Waals surface area contributed by atoms with Gasteiger partial charge in [-0.25, -0.2) is 0 Å². The predicted molar refractivity (Wildman–Crippen MR) is 68.5 cm³/mol. The van der Waals surface area contributed by atoms with Crippen molar-refractivity contribution in [1.82, 2.24) is 10.3 Å². The second-order valence-electron chi connectivity index (χ2n) is 3.88. The van der Waals surface area contributed by atoms with E-state index in [9.17, 15) is 0 Å². The normalized spacial score (nSPS) is 12.6. The third-order valence-corrected chi connectivity index (χ3v) is 3.69. The van der Waals surface area contributed by atoms with Crippen LogP contribution in [0.2, 0.25) is 0 Å². The highest BCUT2D eigenvalue weighted by Crippen LogP contribution is 2.17. The summed E-state index contributed by atoms with van der Waals surface area (Å²) in [6.07, 6.45) is 1.84. The van der Waals surface area contributed by atoms with Gasteiger partial charge in [0.25, 0.3) is 0 Å². The minimum Gasteiger partial charge on any atom is -0.304 e. The first kappa shape index (κ1) is 11.3. The molecule has 0 aliphatic heterocycles. The van der Waals surface area contributed by atoms with Crippen LogP contribution < -0.4 is 5.32 Å². The second kappa shape index (κ2) is 5.23. The van der Waals surface area contributed by atoms with Crippen molar-refractivity contribution in [3.05, 3.63) is 52.0 Å². The first-order chi connectivity index (χ1) is 7.77. The maximum atomic E-state index is 4.34. The van der Waals surface area contributed by atoms with E-state index in [2.05, 4.69) is 41.7 Å². The Hall–Kier alpha value is -1.19. The van der Waals surface area contributed by atoms with Crippen LogP contribution in [0.1, 0.15) is 29.1 Å². The van der Waals surface area contributed by atoms with Crippen LogP contribution in [0.3, 0.4) is 0 Å². The van der Waals surface area contributed by atoms with Crippen molar-refractivity contribution in [2.45, 2.75) is 26.4 Å². The lowest BCUT2D eigenvalue weighted by Crippen LogP contribution is -2.18. The Morgan fingerprint density at radius 2 is 2.25 bits per heavy atom. The quantitative estimate of drug-likeness (QED) is 0.875. The van der Waals surface area contributed by atoms with Crippen molar-refractivity contribution in [3.8, 4) is 0 Å². The van der Waals surface area contributed by atoms with Crippen molar-refractivity contribution in [3.63, 3.8) is 0 Å². The Bertz CT molecular complexity index is 436. The number of hydrogen-bond donors (Lipinski definition) is 1. The number of nitrogens with zero attached hydrogens (tertiary/aromatic N) is 1. The molecule has 2 aromatic rings. The van der Waals surface area contributed by atoms with Gasteiger partial charge in [0.2, 0.25) is 0 Å². The summed E-state index contributed by atoms with van der Waals surface area (Å²) in [5.41, 5.74) is 2.46. The topological polar surface area (TPSA) is 24.9 Å². The van der Waals surface area contributed by atoms with Gasteiger partial charge in [-0.15, -0.1) is 11.3 Å². The molecule has 0 saturated heterocycles. The molecule has 0 fully saturated rings. The number of hydrogen-bond acceptors (Lipinski definition) is 3. The molecular formula is C13H16N2S. The van der Waals surface area contributed by atoms with Gasteiger partial charge < -0.3 is 5.32 Å².